The maximum absolute atomic E-state index is 13.1. The first-order valence-corrected chi connectivity index (χ1v) is 10.8. The number of carbonyl (C=O) groups excluding carboxylic acids is 2. The number of Topliss-reactive ketones (excluding diaryl/α,β-unsaturated/α-hetero) is 1. The molecule has 1 aliphatic carbocycles. The second-order valence-electron chi connectivity index (χ2n) is 8.68. The molecule has 1 fully saturated rings. The highest BCUT2D eigenvalue weighted by Gasteiger charge is 2.43. The lowest BCUT2D eigenvalue weighted by Gasteiger charge is -2.39. The minimum Gasteiger partial charge on any atom is -0.459 e. The van der Waals surface area contributed by atoms with Crippen molar-refractivity contribution in [2.24, 2.45) is 5.41 Å². The molecule has 6 heteroatoms. The summed E-state index contributed by atoms with van der Waals surface area (Å²) in [7, 11) is 0. The van der Waals surface area contributed by atoms with Crippen LogP contribution in [0.1, 0.15) is 57.2 Å². The lowest BCUT2D eigenvalue weighted by molar-refractivity contribution is -0.142. The Morgan fingerprint density at radius 2 is 2.21 bits per heavy atom. The molecule has 1 aromatic heterocycles. The molecule has 0 spiro atoms. The molecule has 28 heavy (non-hydrogen) atoms. The zero-order chi connectivity index (χ0) is 19.9. The van der Waals surface area contributed by atoms with Gasteiger partial charge in [0.1, 0.15) is 6.61 Å². The molecule has 0 bridgehead atoms. The maximum Gasteiger partial charge on any atom is 0.336 e. The molecule has 2 aliphatic heterocycles. The number of hydrogen-bond acceptors (Lipinski definition) is 6. The Kier molecular flexibility index (Phi) is 5.19. The number of nitrogens with one attached hydrogen (secondary N) is 1. The van der Waals surface area contributed by atoms with E-state index in [4.69, 9.17) is 9.47 Å². The van der Waals surface area contributed by atoms with Crippen LogP contribution in [0.15, 0.2) is 40.1 Å². The summed E-state index contributed by atoms with van der Waals surface area (Å²) in [5.41, 5.74) is 2.93. The Morgan fingerprint density at radius 3 is 2.89 bits per heavy atom. The quantitative estimate of drug-likeness (QED) is 0.771. The van der Waals surface area contributed by atoms with Crippen LogP contribution in [0.3, 0.4) is 0 Å². The molecule has 2 atom stereocenters. The Balaban J connectivity index is 1.67. The standard InChI is InChI=1S/C22H27NO4S/c1-13-18(21(25)27-12-14-6-4-8-26-14)20(17-7-5-9-28-17)19-15(23-13)10-22(2,3)11-16(19)24/h5,7,9,14,20,23H,4,6,8,10-12H2,1-3H3/t14-,20+/m0/s1. The number of esters is 1. The van der Waals surface area contributed by atoms with Crippen molar-refractivity contribution >= 4 is 23.1 Å². The summed E-state index contributed by atoms with van der Waals surface area (Å²) in [5.74, 6) is -0.589. The van der Waals surface area contributed by atoms with E-state index < -0.39 is 0 Å². The fraction of sp³-hybridized carbons (Fsp3) is 0.545. The number of rotatable bonds is 4. The molecule has 0 radical (unpaired) electrons. The van der Waals surface area contributed by atoms with Crippen LogP contribution in [0, 0.1) is 5.41 Å². The molecule has 3 aliphatic rings. The first kappa shape index (κ1) is 19.4. The molecule has 1 aromatic rings. The van der Waals surface area contributed by atoms with Crippen LogP contribution in [-0.4, -0.2) is 31.1 Å². The van der Waals surface area contributed by atoms with Crippen LogP contribution >= 0.6 is 11.3 Å². The molecule has 150 valence electrons. The Labute approximate surface area is 169 Å². The van der Waals surface area contributed by atoms with E-state index in [2.05, 4.69) is 19.2 Å². The highest BCUT2D eigenvalue weighted by atomic mass is 32.1. The molecule has 0 saturated carbocycles. The predicted octanol–water partition coefficient (Wildman–Crippen LogP) is 4.07. The normalized spacial score (nSPS) is 26.9. The Bertz CT molecular complexity index is 844. The number of ketones is 1. The number of allylic oxidation sites excluding steroid dienone is 3. The van der Waals surface area contributed by atoms with E-state index in [9.17, 15) is 9.59 Å². The van der Waals surface area contributed by atoms with Gasteiger partial charge in [0, 0.05) is 34.9 Å². The van der Waals surface area contributed by atoms with Crippen molar-refractivity contribution in [1.82, 2.24) is 5.32 Å². The van der Waals surface area contributed by atoms with Crippen molar-refractivity contribution in [1.29, 1.82) is 0 Å². The summed E-state index contributed by atoms with van der Waals surface area (Å²) in [4.78, 5) is 27.2. The predicted molar refractivity (Wildman–Crippen MR) is 108 cm³/mol. The van der Waals surface area contributed by atoms with Gasteiger partial charge in [0.25, 0.3) is 0 Å². The molecular formula is C22H27NO4S. The van der Waals surface area contributed by atoms with Crippen LogP contribution in [0.5, 0.6) is 0 Å². The van der Waals surface area contributed by atoms with E-state index >= 15 is 0 Å². The Hall–Kier alpha value is -1.92. The molecule has 4 rings (SSSR count). The summed E-state index contributed by atoms with van der Waals surface area (Å²) < 4.78 is 11.2. The van der Waals surface area contributed by atoms with Gasteiger partial charge >= 0.3 is 5.97 Å². The molecule has 1 N–H and O–H groups in total. The van der Waals surface area contributed by atoms with Gasteiger partial charge in [-0.25, -0.2) is 4.79 Å². The molecule has 0 aromatic carbocycles. The SMILES string of the molecule is CC1=C(C(=O)OC[C@@H]2CCCO2)[C@@H](c2cccs2)C2=C(CC(C)(C)CC2=O)N1. The van der Waals surface area contributed by atoms with Gasteiger partial charge in [-0.15, -0.1) is 11.3 Å². The lowest BCUT2D eigenvalue weighted by Crippen LogP contribution is -2.38. The highest BCUT2D eigenvalue weighted by Crippen LogP contribution is 2.47. The van der Waals surface area contributed by atoms with Gasteiger partial charge in [0.05, 0.1) is 17.6 Å². The molecule has 0 unspecified atom stereocenters. The summed E-state index contributed by atoms with van der Waals surface area (Å²) in [6.07, 6.45) is 3.19. The molecule has 5 nitrogen and oxygen atoms in total. The van der Waals surface area contributed by atoms with Crippen molar-refractivity contribution in [3.8, 4) is 0 Å². The first-order chi connectivity index (χ1) is 13.4. The average molecular weight is 402 g/mol. The zero-order valence-electron chi connectivity index (χ0n) is 16.7. The third kappa shape index (κ3) is 3.67. The number of ether oxygens (including phenoxy) is 2. The van der Waals surface area contributed by atoms with Gasteiger partial charge in [0.15, 0.2) is 5.78 Å². The third-order valence-electron chi connectivity index (χ3n) is 5.71. The van der Waals surface area contributed by atoms with E-state index in [0.717, 1.165) is 47.7 Å². The van der Waals surface area contributed by atoms with E-state index in [1.807, 2.05) is 24.4 Å². The van der Waals surface area contributed by atoms with E-state index in [-0.39, 0.29) is 35.8 Å². The minimum atomic E-state index is -0.358. The van der Waals surface area contributed by atoms with Crippen LogP contribution in [0.4, 0.5) is 0 Å². The minimum absolute atomic E-state index is 0.0199. The summed E-state index contributed by atoms with van der Waals surface area (Å²) in [6, 6.07) is 3.96. The van der Waals surface area contributed by atoms with Crippen molar-refractivity contribution < 1.29 is 19.1 Å². The van der Waals surface area contributed by atoms with Gasteiger partial charge in [-0.1, -0.05) is 19.9 Å². The van der Waals surface area contributed by atoms with Crippen LogP contribution in [0.25, 0.3) is 0 Å². The summed E-state index contributed by atoms with van der Waals surface area (Å²) in [5, 5.41) is 5.35. The van der Waals surface area contributed by atoms with Gasteiger partial charge in [-0.3, -0.25) is 4.79 Å². The third-order valence-corrected chi connectivity index (χ3v) is 6.65. The van der Waals surface area contributed by atoms with Gasteiger partial charge < -0.3 is 14.8 Å². The van der Waals surface area contributed by atoms with Crippen molar-refractivity contribution in [2.75, 3.05) is 13.2 Å². The average Bonchev–Trinajstić information content (AvgIpc) is 3.31. The zero-order valence-corrected chi connectivity index (χ0v) is 17.5. The number of dihydropyridines is 1. The van der Waals surface area contributed by atoms with E-state index in [1.165, 1.54) is 0 Å². The van der Waals surface area contributed by atoms with Gasteiger partial charge in [-0.05, 0) is 43.0 Å². The fourth-order valence-corrected chi connectivity index (χ4v) is 5.31. The highest BCUT2D eigenvalue weighted by molar-refractivity contribution is 7.10. The van der Waals surface area contributed by atoms with Gasteiger partial charge in [0.2, 0.25) is 0 Å². The Morgan fingerprint density at radius 1 is 1.39 bits per heavy atom. The number of thiophene rings is 1. The summed E-state index contributed by atoms with van der Waals surface area (Å²) in [6.45, 7) is 7.12. The first-order valence-electron chi connectivity index (χ1n) is 9.92. The van der Waals surface area contributed by atoms with E-state index in [1.54, 1.807) is 11.3 Å². The van der Waals surface area contributed by atoms with Crippen LogP contribution in [0.2, 0.25) is 0 Å². The van der Waals surface area contributed by atoms with Crippen LogP contribution < -0.4 is 5.32 Å². The van der Waals surface area contributed by atoms with Gasteiger partial charge in [-0.2, -0.15) is 0 Å². The monoisotopic (exact) mass is 401 g/mol. The largest absolute Gasteiger partial charge is 0.459 e. The number of hydrogen-bond donors (Lipinski definition) is 1. The molecular weight excluding hydrogens is 374 g/mol. The van der Waals surface area contributed by atoms with Crippen molar-refractivity contribution in [3.05, 3.63) is 44.9 Å². The van der Waals surface area contributed by atoms with Crippen molar-refractivity contribution in [2.45, 2.75) is 58.5 Å². The summed E-state index contributed by atoms with van der Waals surface area (Å²) >= 11 is 1.57. The fourth-order valence-electron chi connectivity index (χ4n) is 4.47. The second-order valence-corrected chi connectivity index (χ2v) is 9.66. The van der Waals surface area contributed by atoms with Crippen LogP contribution in [-0.2, 0) is 19.1 Å². The molecule has 1 saturated heterocycles. The van der Waals surface area contributed by atoms with Crippen molar-refractivity contribution in [3.63, 3.8) is 0 Å². The maximum atomic E-state index is 13.1. The second kappa shape index (κ2) is 7.48. The molecule has 0 amide bonds. The topological polar surface area (TPSA) is 64.6 Å². The lowest BCUT2D eigenvalue weighted by atomic mass is 9.70. The molecule has 3 heterocycles. The number of carbonyl (C=O) groups is 2. The smallest absolute Gasteiger partial charge is 0.336 e. The van der Waals surface area contributed by atoms with E-state index in [0.29, 0.717) is 12.0 Å².